The summed E-state index contributed by atoms with van der Waals surface area (Å²) in [5.74, 6) is 3.62. The van der Waals surface area contributed by atoms with Crippen molar-refractivity contribution in [1.29, 1.82) is 0 Å². The fourth-order valence-corrected chi connectivity index (χ4v) is 3.38. The van der Waals surface area contributed by atoms with E-state index in [2.05, 4.69) is 27.5 Å². The van der Waals surface area contributed by atoms with Crippen molar-refractivity contribution >= 4 is 35.5 Å². The Labute approximate surface area is 154 Å². The maximum absolute atomic E-state index is 5.36. The quantitative estimate of drug-likeness (QED) is 0.630. The molecule has 0 saturated carbocycles. The maximum atomic E-state index is 5.36. The molecular weight excluding hydrogens is 368 g/mol. The number of hydrogen-bond acceptors (Lipinski definition) is 8. The summed E-state index contributed by atoms with van der Waals surface area (Å²) in [7, 11) is 1.92. The van der Waals surface area contributed by atoms with Crippen molar-refractivity contribution in [1.82, 2.24) is 20.6 Å². The summed E-state index contributed by atoms with van der Waals surface area (Å²) in [5.41, 5.74) is 0.918. The number of halogens is 1. The summed E-state index contributed by atoms with van der Waals surface area (Å²) >= 11 is 3.32. The van der Waals surface area contributed by atoms with Crippen molar-refractivity contribution < 1.29 is 9.05 Å². The SMILES string of the molecule is CNC(C)Cc1noc(CSCc2cc(-c3cccs3)on2)n1.Cl. The summed E-state index contributed by atoms with van der Waals surface area (Å²) in [6.45, 7) is 2.08. The van der Waals surface area contributed by atoms with Crippen molar-refractivity contribution in [2.24, 2.45) is 0 Å². The van der Waals surface area contributed by atoms with E-state index in [0.717, 1.165) is 34.3 Å². The topological polar surface area (TPSA) is 77.0 Å². The van der Waals surface area contributed by atoms with Gasteiger partial charge in [0.15, 0.2) is 11.6 Å². The molecule has 3 rings (SSSR count). The largest absolute Gasteiger partial charge is 0.355 e. The molecular formula is C15H19ClN4O2S2. The molecule has 0 aliphatic rings. The van der Waals surface area contributed by atoms with Gasteiger partial charge in [-0.1, -0.05) is 16.4 Å². The molecule has 3 heterocycles. The van der Waals surface area contributed by atoms with E-state index in [1.807, 2.05) is 30.6 Å². The van der Waals surface area contributed by atoms with Gasteiger partial charge in [-0.15, -0.1) is 35.5 Å². The van der Waals surface area contributed by atoms with Crippen LogP contribution in [0.4, 0.5) is 0 Å². The predicted molar refractivity (Wildman–Crippen MR) is 98.6 cm³/mol. The van der Waals surface area contributed by atoms with Gasteiger partial charge in [0.2, 0.25) is 5.89 Å². The van der Waals surface area contributed by atoms with Crippen LogP contribution >= 0.6 is 35.5 Å². The van der Waals surface area contributed by atoms with Crippen LogP contribution in [-0.2, 0) is 17.9 Å². The van der Waals surface area contributed by atoms with Crippen LogP contribution in [0, 0.1) is 0 Å². The van der Waals surface area contributed by atoms with E-state index in [4.69, 9.17) is 9.05 Å². The first-order chi connectivity index (χ1) is 11.2. The fraction of sp³-hybridized carbons (Fsp3) is 0.400. The lowest BCUT2D eigenvalue weighted by Crippen LogP contribution is -2.24. The molecule has 0 aliphatic carbocycles. The smallest absolute Gasteiger partial charge is 0.236 e. The van der Waals surface area contributed by atoms with E-state index in [0.29, 0.717) is 17.7 Å². The minimum Gasteiger partial charge on any atom is -0.355 e. The molecule has 0 radical (unpaired) electrons. The monoisotopic (exact) mass is 386 g/mol. The average molecular weight is 387 g/mol. The number of thiophene rings is 1. The third-order valence-corrected chi connectivity index (χ3v) is 5.13. The van der Waals surface area contributed by atoms with Crippen LogP contribution in [0.15, 0.2) is 32.6 Å². The first kappa shape index (κ1) is 19.0. The second-order valence-electron chi connectivity index (χ2n) is 5.15. The van der Waals surface area contributed by atoms with Gasteiger partial charge in [0.05, 0.1) is 16.3 Å². The molecule has 1 N–H and O–H groups in total. The minimum atomic E-state index is 0. The van der Waals surface area contributed by atoms with Crippen LogP contribution in [0.2, 0.25) is 0 Å². The molecule has 24 heavy (non-hydrogen) atoms. The standard InChI is InChI=1S/C15H18N4O2S2.ClH/c1-10(16-2)6-14-17-15(21-19-14)9-22-8-11-7-12(20-18-11)13-4-3-5-23-13;/h3-5,7,10,16H,6,8-9H2,1-2H3;1H. The normalized spacial score (nSPS) is 12.1. The zero-order valence-electron chi connectivity index (χ0n) is 13.4. The highest BCUT2D eigenvalue weighted by Gasteiger charge is 2.11. The number of nitrogens with zero attached hydrogens (tertiary/aromatic N) is 3. The van der Waals surface area contributed by atoms with Crippen molar-refractivity contribution in [2.45, 2.75) is 30.9 Å². The third kappa shape index (κ3) is 5.07. The number of thioether (sulfide) groups is 1. The first-order valence-corrected chi connectivity index (χ1v) is 9.34. The summed E-state index contributed by atoms with van der Waals surface area (Å²) in [6.07, 6.45) is 0.762. The number of nitrogens with one attached hydrogen (secondary N) is 1. The number of likely N-dealkylation sites (N-methyl/N-ethyl adjacent to an activating group) is 1. The number of rotatable bonds is 8. The lowest BCUT2D eigenvalue weighted by Gasteiger charge is -2.04. The van der Waals surface area contributed by atoms with Gasteiger partial charge in [-0.05, 0) is 25.4 Å². The molecule has 1 atom stereocenters. The molecule has 0 aliphatic heterocycles. The highest BCUT2D eigenvalue weighted by Crippen LogP contribution is 2.26. The van der Waals surface area contributed by atoms with Crippen molar-refractivity contribution in [3.8, 4) is 10.6 Å². The van der Waals surface area contributed by atoms with Crippen LogP contribution in [-0.4, -0.2) is 28.4 Å². The van der Waals surface area contributed by atoms with E-state index < -0.39 is 0 Å². The second-order valence-corrected chi connectivity index (χ2v) is 7.08. The van der Waals surface area contributed by atoms with Gasteiger partial charge < -0.3 is 14.4 Å². The molecule has 3 aromatic rings. The molecule has 0 fully saturated rings. The molecule has 0 aromatic carbocycles. The van der Waals surface area contributed by atoms with Crippen LogP contribution in [0.25, 0.3) is 10.6 Å². The van der Waals surface area contributed by atoms with Gasteiger partial charge >= 0.3 is 0 Å². The van der Waals surface area contributed by atoms with Crippen LogP contribution in [0.5, 0.6) is 0 Å². The molecule has 0 spiro atoms. The number of hydrogen-bond donors (Lipinski definition) is 1. The molecule has 9 heteroatoms. The molecule has 3 aromatic heterocycles. The van der Waals surface area contributed by atoms with Crippen molar-refractivity contribution in [3.63, 3.8) is 0 Å². The highest BCUT2D eigenvalue weighted by molar-refractivity contribution is 7.97. The van der Waals surface area contributed by atoms with Gasteiger partial charge in [-0.3, -0.25) is 0 Å². The van der Waals surface area contributed by atoms with Gasteiger partial charge in [-0.25, -0.2) is 0 Å². The molecule has 1 unspecified atom stereocenters. The Kier molecular flexibility index (Phi) is 7.29. The zero-order valence-corrected chi connectivity index (χ0v) is 15.8. The lowest BCUT2D eigenvalue weighted by molar-refractivity contribution is 0.382. The van der Waals surface area contributed by atoms with Gasteiger partial charge in [0.1, 0.15) is 0 Å². The zero-order chi connectivity index (χ0) is 16.1. The maximum Gasteiger partial charge on any atom is 0.236 e. The van der Waals surface area contributed by atoms with Crippen LogP contribution in [0.1, 0.15) is 24.3 Å². The van der Waals surface area contributed by atoms with Crippen LogP contribution < -0.4 is 5.32 Å². The Morgan fingerprint density at radius 1 is 1.29 bits per heavy atom. The summed E-state index contributed by atoms with van der Waals surface area (Å²) in [5, 5.41) is 13.3. The minimum absolute atomic E-state index is 0. The lowest BCUT2D eigenvalue weighted by atomic mass is 10.2. The van der Waals surface area contributed by atoms with E-state index in [9.17, 15) is 0 Å². The van der Waals surface area contributed by atoms with Crippen molar-refractivity contribution in [3.05, 3.63) is 41.0 Å². The Bertz CT molecular complexity index is 730. The Balaban J connectivity index is 0.00000208. The summed E-state index contributed by atoms with van der Waals surface area (Å²) in [4.78, 5) is 5.49. The average Bonchev–Trinajstić information content (AvgIpc) is 3.28. The van der Waals surface area contributed by atoms with E-state index >= 15 is 0 Å². The Morgan fingerprint density at radius 2 is 2.17 bits per heavy atom. The Hall–Kier alpha value is -1.35. The van der Waals surface area contributed by atoms with Gasteiger partial charge in [-0.2, -0.15) is 4.98 Å². The predicted octanol–water partition coefficient (Wildman–Crippen LogP) is 3.79. The molecule has 130 valence electrons. The molecule has 0 bridgehead atoms. The fourth-order valence-electron chi connectivity index (χ4n) is 1.97. The summed E-state index contributed by atoms with van der Waals surface area (Å²) < 4.78 is 10.6. The van der Waals surface area contributed by atoms with Crippen molar-refractivity contribution in [2.75, 3.05) is 7.05 Å². The van der Waals surface area contributed by atoms with E-state index in [1.165, 1.54) is 0 Å². The molecule has 0 amide bonds. The van der Waals surface area contributed by atoms with E-state index in [1.54, 1.807) is 23.1 Å². The Morgan fingerprint density at radius 3 is 2.92 bits per heavy atom. The summed E-state index contributed by atoms with van der Waals surface area (Å²) in [6, 6.07) is 6.33. The van der Waals surface area contributed by atoms with Gasteiger partial charge in [0, 0.05) is 24.3 Å². The van der Waals surface area contributed by atoms with E-state index in [-0.39, 0.29) is 12.4 Å². The first-order valence-electron chi connectivity index (χ1n) is 7.30. The van der Waals surface area contributed by atoms with Gasteiger partial charge in [0.25, 0.3) is 0 Å². The molecule has 0 saturated heterocycles. The molecule has 6 nitrogen and oxygen atoms in total. The second kappa shape index (κ2) is 9.22. The highest BCUT2D eigenvalue weighted by atomic mass is 35.5. The van der Waals surface area contributed by atoms with Crippen LogP contribution in [0.3, 0.4) is 0 Å². The third-order valence-electron chi connectivity index (χ3n) is 3.29. The number of aromatic nitrogens is 3.